The molecular weight excluding hydrogens is 372 g/mol. The maximum atomic E-state index is 13.5. The van der Waals surface area contributed by atoms with Gasteiger partial charge in [-0.15, -0.1) is 0 Å². The zero-order valence-corrected chi connectivity index (χ0v) is 15.8. The molecule has 0 saturated carbocycles. The Hall–Kier alpha value is -3.30. The molecule has 0 aliphatic carbocycles. The summed E-state index contributed by atoms with van der Waals surface area (Å²) < 4.78 is 30.2. The van der Waals surface area contributed by atoms with Crippen LogP contribution in [-0.4, -0.2) is 36.5 Å². The van der Waals surface area contributed by atoms with Crippen LogP contribution in [-0.2, 0) is 25.4 Å². The number of imidazole rings is 1. The first-order chi connectivity index (χ1) is 13.1. The number of fused-ring (bicyclic) bond motifs is 1. The monoisotopic (exact) mass is 391 g/mol. The number of benzene rings is 1. The van der Waals surface area contributed by atoms with Crippen LogP contribution in [0.25, 0.3) is 11.2 Å². The lowest BCUT2D eigenvalue weighted by molar-refractivity contribution is -0.132. The number of rotatable bonds is 4. The zero-order chi connectivity index (χ0) is 20.7. The summed E-state index contributed by atoms with van der Waals surface area (Å²) in [5.41, 5.74) is -0.328. The molecule has 1 unspecified atom stereocenters. The van der Waals surface area contributed by atoms with Crippen LogP contribution in [0.3, 0.4) is 0 Å². The maximum absolute atomic E-state index is 13.5. The van der Waals surface area contributed by atoms with Gasteiger partial charge in [-0.05, 0) is 24.6 Å². The van der Waals surface area contributed by atoms with Gasteiger partial charge in [-0.25, -0.2) is 18.6 Å². The first kappa shape index (κ1) is 19.5. The lowest BCUT2D eigenvalue weighted by Gasteiger charge is -2.25. The van der Waals surface area contributed by atoms with Crippen molar-refractivity contribution in [1.29, 1.82) is 0 Å². The predicted molar refractivity (Wildman–Crippen MR) is 97.8 cm³/mol. The van der Waals surface area contributed by atoms with Crippen molar-refractivity contribution in [2.24, 2.45) is 14.1 Å². The van der Waals surface area contributed by atoms with Gasteiger partial charge in [-0.3, -0.25) is 18.7 Å². The summed E-state index contributed by atoms with van der Waals surface area (Å²) in [7, 11) is 4.36. The van der Waals surface area contributed by atoms with Gasteiger partial charge in [-0.2, -0.15) is 0 Å². The van der Waals surface area contributed by atoms with Crippen LogP contribution in [0.2, 0.25) is 0 Å². The van der Waals surface area contributed by atoms with Gasteiger partial charge in [0.15, 0.2) is 22.8 Å². The Morgan fingerprint density at radius 1 is 1.18 bits per heavy atom. The van der Waals surface area contributed by atoms with Crippen LogP contribution < -0.4 is 11.2 Å². The largest absolute Gasteiger partial charge is 0.337 e. The highest BCUT2D eigenvalue weighted by atomic mass is 19.2. The first-order valence-electron chi connectivity index (χ1n) is 8.45. The number of carbonyl (C=O) groups is 1. The molecular formula is C18H19F2N5O3. The van der Waals surface area contributed by atoms with E-state index in [1.807, 2.05) is 0 Å². The van der Waals surface area contributed by atoms with E-state index in [0.717, 1.165) is 16.7 Å². The highest BCUT2D eigenvalue weighted by Gasteiger charge is 2.21. The van der Waals surface area contributed by atoms with Gasteiger partial charge in [0.2, 0.25) is 5.91 Å². The fraction of sp³-hybridized carbons (Fsp3) is 0.333. The van der Waals surface area contributed by atoms with E-state index in [1.165, 1.54) is 47.6 Å². The zero-order valence-electron chi connectivity index (χ0n) is 15.8. The summed E-state index contributed by atoms with van der Waals surface area (Å²) in [5, 5.41) is 0. The van der Waals surface area contributed by atoms with E-state index < -0.39 is 28.9 Å². The molecule has 3 aromatic rings. The summed E-state index contributed by atoms with van der Waals surface area (Å²) in [5.74, 6) is -2.32. The fourth-order valence-electron chi connectivity index (χ4n) is 2.99. The third-order valence-corrected chi connectivity index (χ3v) is 4.92. The molecule has 1 amide bonds. The Balaban J connectivity index is 1.91. The second-order valence-corrected chi connectivity index (χ2v) is 6.60. The van der Waals surface area contributed by atoms with E-state index in [4.69, 9.17) is 0 Å². The van der Waals surface area contributed by atoms with Crippen molar-refractivity contribution in [2.45, 2.75) is 19.5 Å². The van der Waals surface area contributed by atoms with Crippen LogP contribution in [0.5, 0.6) is 0 Å². The molecule has 0 fully saturated rings. The molecule has 8 nitrogen and oxygen atoms in total. The number of hydrogen-bond acceptors (Lipinski definition) is 4. The molecule has 1 atom stereocenters. The number of likely N-dealkylation sites (N-methyl/N-ethyl adjacent to an activating group) is 1. The Bertz CT molecular complexity index is 1190. The minimum absolute atomic E-state index is 0.131. The molecule has 3 rings (SSSR count). The molecule has 1 aromatic carbocycles. The number of hydrogen-bond donors (Lipinski definition) is 0. The topological polar surface area (TPSA) is 82.1 Å². The molecule has 0 saturated heterocycles. The van der Waals surface area contributed by atoms with E-state index >= 15 is 0 Å². The molecule has 2 heterocycles. The minimum Gasteiger partial charge on any atom is -0.337 e. The van der Waals surface area contributed by atoms with Gasteiger partial charge in [0, 0.05) is 21.1 Å². The van der Waals surface area contributed by atoms with Crippen LogP contribution in [0, 0.1) is 11.6 Å². The number of aromatic nitrogens is 4. The average molecular weight is 391 g/mol. The molecule has 0 aliphatic heterocycles. The van der Waals surface area contributed by atoms with Gasteiger partial charge < -0.3 is 9.47 Å². The molecule has 0 aliphatic rings. The number of aryl methyl sites for hydroxylation is 1. The summed E-state index contributed by atoms with van der Waals surface area (Å²) in [6, 6.07) is 2.93. The van der Waals surface area contributed by atoms with E-state index in [0.29, 0.717) is 5.56 Å². The van der Waals surface area contributed by atoms with Gasteiger partial charge >= 0.3 is 5.69 Å². The van der Waals surface area contributed by atoms with E-state index in [1.54, 1.807) is 6.92 Å². The van der Waals surface area contributed by atoms with Crippen LogP contribution in [0.15, 0.2) is 34.1 Å². The average Bonchev–Trinajstić information content (AvgIpc) is 3.09. The number of carbonyl (C=O) groups excluding carboxylic acids is 1. The predicted octanol–water partition coefficient (Wildman–Crippen LogP) is 0.931. The standard InChI is InChI=1S/C18H19F2N5O3/c1-10(11-5-6-12(19)13(20)7-11)22(2)14(26)8-25-9-21-16-15(25)17(27)24(4)18(28)23(16)3/h5-7,9-10H,8H2,1-4H3. The quantitative estimate of drug-likeness (QED) is 0.663. The van der Waals surface area contributed by atoms with E-state index in [-0.39, 0.29) is 23.6 Å². The Morgan fingerprint density at radius 3 is 2.50 bits per heavy atom. The molecule has 2 aromatic heterocycles. The molecule has 0 N–H and O–H groups in total. The fourth-order valence-corrected chi connectivity index (χ4v) is 2.99. The van der Waals surface area contributed by atoms with Crippen LogP contribution >= 0.6 is 0 Å². The highest BCUT2D eigenvalue weighted by molar-refractivity contribution is 5.79. The molecule has 10 heteroatoms. The SMILES string of the molecule is CC(c1ccc(F)c(F)c1)N(C)C(=O)Cn1cnc2c1c(=O)n(C)c(=O)n2C. The highest BCUT2D eigenvalue weighted by Crippen LogP contribution is 2.21. The van der Waals surface area contributed by atoms with Crippen LogP contribution in [0.4, 0.5) is 8.78 Å². The van der Waals surface area contributed by atoms with Gasteiger partial charge in [0.1, 0.15) is 6.54 Å². The number of nitrogens with zero attached hydrogens (tertiary/aromatic N) is 5. The summed E-state index contributed by atoms with van der Waals surface area (Å²) in [6.07, 6.45) is 1.32. The molecule has 148 valence electrons. The Morgan fingerprint density at radius 2 is 1.86 bits per heavy atom. The summed E-state index contributed by atoms with van der Waals surface area (Å²) in [4.78, 5) is 42.6. The van der Waals surface area contributed by atoms with Crippen molar-refractivity contribution in [3.8, 4) is 0 Å². The van der Waals surface area contributed by atoms with Crippen molar-refractivity contribution in [2.75, 3.05) is 7.05 Å². The lowest BCUT2D eigenvalue weighted by Crippen LogP contribution is -2.38. The second-order valence-electron chi connectivity index (χ2n) is 6.60. The minimum atomic E-state index is -0.991. The Labute approximate surface area is 158 Å². The second kappa shape index (κ2) is 7.02. The van der Waals surface area contributed by atoms with Gasteiger partial charge in [-0.1, -0.05) is 6.07 Å². The smallest absolute Gasteiger partial charge is 0.332 e. The van der Waals surface area contributed by atoms with E-state index in [2.05, 4.69) is 4.98 Å². The normalized spacial score (nSPS) is 12.4. The van der Waals surface area contributed by atoms with E-state index in [9.17, 15) is 23.2 Å². The van der Waals surface area contributed by atoms with Crippen LogP contribution in [0.1, 0.15) is 18.5 Å². The molecule has 0 spiro atoms. The van der Waals surface area contributed by atoms with Crippen molar-refractivity contribution in [3.05, 3.63) is 62.6 Å². The number of halogens is 2. The summed E-state index contributed by atoms with van der Waals surface area (Å²) >= 11 is 0. The van der Waals surface area contributed by atoms with Gasteiger partial charge in [0.25, 0.3) is 5.56 Å². The van der Waals surface area contributed by atoms with Crippen molar-refractivity contribution in [1.82, 2.24) is 23.6 Å². The third kappa shape index (κ3) is 3.10. The molecule has 28 heavy (non-hydrogen) atoms. The molecule has 0 radical (unpaired) electrons. The maximum Gasteiger partial charge on any atom is 0.332 e. The lowest BCUT2D eigenvalue weighted by atomic mass is 10.1. The van der Waals surface area contributed by atoms with Gasteiger partial charge in [0.05, 0.1) is 12.4 Å². The van der Waals surface area contributed by atoms with Crippen molar-refractivity contribution < 1.29 is 13.6 Å². The van der Waals surface area contributed by atoms with Crippen molar-refractivity contribution in [3.63, 3.8) is 0 Å². The molecule has 0 bridgehead atoms. The Kier molecular flexibility index (Phi) is 4.88. The van der Waals surface area contributed by atoms with Crippen molar-refractivity contribution >= 4 is 17.1 Å². The summed E-state index contributed by atoms with van der Waals surface area (Å²) in [6.45, 7) is 1.48. The third-order valence-electron chi connectivity index (χ3n) is 4.92. The first-order valence-corrected chi connectivity index (χ1v) is 8.45. The number of amides is 1.